The zero-order valence-electron chi connectivity index (χ0n) is 11.6. The first kappa shape index (κ1) is 14.8. The third-order valence-electron chi connectivity index (χ3n) is 4.06. The summed E-state index contributed by atoms with van der Waals surface area (Å²) >= 11 is 5.89. The Morgan fingerprint density at radius 2 is 2.21 bits per heavy atom. The predicted octanol–water partition coefficient (Wildman–Crippen LogP) is 3.60. The van der Waals surface area contributed by atoms with Crippen molar-refractivity contribution in [3.63, 3.8) is 0 Å². The van der Waals surface area contributed by atoms with Gasteiger partial charge in [-0.15, -0.1) is 0 Å². The van der Waals surface area contributed by atoms with E-state index < -0.39 is 0 Å². The summed E-state index contributed by atoms with van der Waals surface area (Å²) in [5, 5.41) is 0.177. The van der Waals surface area contributed by atoms with Gasteiger partial charge >= 0.3 is 0 Å². The molecule has 0 spiro atoms. The summed E-state index contributed by atoms with van der Waals surface area (Å²) in [6, 6.07) is 5.63. The van der Waals surface area contributed by atoms with Crippen molar-refractivity contribution in [3.05, 3.63) is 34.6 Å². The van der Waals surface area contributed by atoms with E-state index >= 15 is 0 Å². The molecule has 1 fully saturated rings. The standard InChI is InChI=1S/C15H22ClFN2/c1-10(2)14-4-3-7-19(14)15(9-18)11-5-6-13(17)12(16)8-11/h5-6,8,10,14-15H,3-4,7,9,18H2,1-2H3. The van der Waals surface area contributed by atoms with Crippen LogP contribution in [0.1, 0.15) is 38.3 Å². The van der Waals surface area contributed by atoms with E-state index in [0.717, 1.165) is 12.1 Å². The maximum atomic E-state index is 13.3. The average Bonchev–Trinajstić information content (AvgIpc) is 2.84. The van der Waals surface area contributed by atoms with Crippen LogP contribution >= 0.6 is 11.6 Å². The number of benzene rings is 1. The monoisotopic (exact) mass is 284 g/mol. The lowest BCUT2D eigenvalue weighted by Crippen LogP contribution is -2.39. The Morgan fingerprint density at radius 3 is 2.79 bits per heavy atom. The molecule has 2 unspecified atom stereocenters. The quantitative estimate of drug-likeness (QED) is 0.915. The second-order valence-electron chi connectivity index (χ2n) is 5.62. The normalized spacial score (nSPS) is 22.1. The van der Waals surface area contributed by atoms with Gasteiger partial charge in [-0.3, -0.25) is 4.90 Å². The van der Waals surface area contributed by atoms with Crippen molar-refractivity contribution in [1.82, 2.24) is 4.90 Å². The number of likely N-dealkylation sites (tertiary alicyclic amines) is 1. The van der Waals surface area contributed by atoms with Crippen LogP contribution in [0.15, 0.2) is 18.2 Å². The van der Waals surface area contributed by atoms with Crippen molar-refractivity contribution < 1.29 is 4.39 Å². The van der Waals surface area contributed by atoms with Gasteiger partial charge in [0.1, 0.15) is 5.82 Å². The fourth-order valence-electron chi connectivity index (χ4n) is 3.10. The molecule has 0 bridgehead atoms. The van der Waals surface area contributed by atoms with Gasteiger partial charge in [0.05, 0.1) is 5.02 Å². The van der Waals surface area contributed by atoms with Gasteiger partial charge in [-0.2, -0.15) is 0 Å². The van der Waals surface area contributed by atoms with E-state index in [0.29, 0.717) is 18.5 Å². The summed E-state index contributed by atoms with van der Waals surface area (Å²) in [5.41, 5.74) is 6.97. The maximum absolute atomic E-state index is 13.3. The van der Waals surface area contributed by atoms with Crippen LogP contribution in [0.25, 0.3) is 0 Å². The zero-order valence-corrected chi connectivity index (χ0v) is 12.3. The van der Waals surface area contributed by atoms with Crippen LogP contribution in [0.3, 0.4) is 0 Å². The van der Waals surface area contributed by atoms with Crippen molar-refractivity contribution in [2.24, 2.45) is 11.7 Å². The molecule has 0 aromatic heterocycles. The molecule has 1 heterocycles. The molecule has 1 aliphatic rings. The Kier molecular flexibility index (Phi) is 4.82. The van der Waals surface area contributed by atoms with E-state index in [1.54, 1.807) is 12.1 Å². The van der Waals surface area contributed by atoms with Crippen molar-refractivity contribution in [2.75, 3.05) is 13.1 Å². The number of hydrogen-bond donors (Lipinski definition) is 1. The van der Waals surface area contributed by atoms with Crippen LogP contribution in [0, 0.1) is 11.7 Å². The lowest BCUT2D eigenvalue weighted by molar-refractivity contribution is 0.149. The highest BCUT2D eigenvalue weighted by molar-refractivity contribution is 6.30. The predicted molar refractivity (Wildman–Crippen MR) is 77.8 cm³/mol. The first-order valence-electron chi connectivity index (χ1n) is 6.95. The Bertz CT molecular complexity index is 436. The van der Waals surface area contributed by atoms with Crippen molar-refractivity contribution >= 4 is 11.6 Å². The molecule has 0 radical (unpaired) electrons. The van der Waals surface area contributed by atoms with Crippen LogP contribution in [0.5, 0.6) is 0 Å². The van der Waals surface area contributed by atoms with E-state index in [9.17, 15) is 4.39 Å². The van der Waals surface area contributed by atoms with E-state index in [1.165, 1.54) is 18.9 Å². The molecule has 0 aliphatic carbocycles. The summed E-state index contributed by atoms with van der Waals surface area (Å²) in [6.07, 6.45) is 2.41. The van der Waals surface area contributed by atoms with Crippen molar-refractivity contribution in [3.8, 4) is 0 Å². The van der Waals surface area contributed by atoms with E-state index in [2.05, 4.69) is 18.7 Å². The minimum absolute atomic E-state index is 0.132. The molecule has 19 heavy (non-hydrogen) atoms. The second-order valence-corrected chi connectivity index (χ2v) is 6.02. The van der Waals surface area contributed by atoms with Crippen molar-refractivity contribution in [2.45, 2.75) is 38.8 Å². The highest BCUT2D eigenvalue weighted by atomic mass is 35.5. The molecule has 106 valence electrons. The molecule has 2 rings (SSSR count). The summed E-state index contributed by atoms with van der Waals surface area (Å²) in [4.78, 5) is 2.45. The molecule has 1 aromatic carbocycles. The summed E-state index contributed by atoms with van der Waals surface area (Å²) in [5.74, 6) is 0.232. The Balaban J connectivity index is 2.26. The second kappa shape index (κ2) is 6.21. The SMILES string of the molecule is CC(C)C1CCCN1C(CN)c1ccc(F)c(Cl)c1. The molecule has 1 aromatic rings. The summed E-state index contributed by atoms with van der Waals surface area (Å²) in [6.45, 7) is 6.08. The summed E-state index contributed by atoms with van der Waals surface area (Å²) in [7, 11) is 0. The molecule has 2 nitrogen and oxygen atoms in total. The summed E-state index contributed by atoms with van der Waals surface area (Å²) < 4.78 is 13.3. The molecule has 2 N–H and O–H groups in total. The average molecular weight is 285 g/mol. The van der Waals surface area contributed by atoms with Crippen LogP contribution in [-0.4, -0.2) is 24.0 Å². The van der Waals surface area contributed by atoms with E-state index in [4.69, 9.17) is 17.3 Å². The lowest BCUT2D eigenvalue weighted by atomic mass is 9.98. The van der Waals surface area contributed by atoms with Gasteiger partial charge in [0.15, 0.2) is 0 Å². The molecule has 1 aliphatic heterocycles. The first-order valence-corrected chi connectivity index (χ1v) is 7.33. The maximum Gasteiger partial charge on any atom is 0.141 e. The molecule has 0 amide bonds. The topological polar surface area (TPSA) is 29.3 Å². The first-order chi connectivity index (χ1) is 9.04. The minimum Gasteiger partial charge on any atom is -0.329 e. The van der Waals surface area contributed by atoms with Gasteiger partial charge in [0, 0.05) is 18.6 Å². The third-order valence-corrected chi connectivity index (χ3v) is 4.35. The van der Waals surface area contributed by atoms with Gasteiger partial charge in [0.25, 0.3) is 0 Å². The molecule has 0 saturated carbocycles. The Hall–Kier alpha value is -0.640. The largest absolute Gasteiger partial charge is 0.329 e. The van der Waals surface area contributed by atoms with Gasteiger partial charge in [0.2, 0.25) is 0 Å². The van der Waals surface area contributed by atoms with Gasteiger partial charge in [-0.1, -0.05) is 31.5 Å². The highest BCUT2D eigenvalue weighted by Gasteiger charge is 2.32. The highest BCUT2D eigenvalue weighted by Crippen LogP contribution is 2.33. The van der Waals surface area contributed by atoms with Gasteiger partial charge in [-0.25, -0.2) is 4.39 Å². The van der Waals surface area contributed by atoms with Crippen LogP contribution in [0.2, 0.25) is 5.02 Å². The Labute approximate surface area is 119 Å². The molecular formula is C15H22ClFN2. The van der Waals surface area contributed by atoms with Crippen LogP contribution in [-0.2, 0) is 0 Å². The van der Waals surface area contributed by atoms with E-state index in [-0.39, 0.29) is 16.9 Å². The molecule has 4 heteroatoms. The minimum atomic E-state index is -0.372. The molecular weight excluding hydrogens is 263 g/mol. The number of halogens is 2. The fourth-order valence-corrected chi connectivity index (χ4v) is 3.29. The molecule has 1 saturated heterocycles. The van der Waals surface area contributed by atoms with Crippen LogP contribution in [0.4, 0.5) is 4.39 Å². The molecule has 2 atom stereocenters. The van der Waals surface area contributed by atoms with Gasteiger partial charge in [-0.05, 0) is 43.0 Å². The number of hydrogen-bond acceptors (Lipinski definition) is 2. The lowest BCUT2D eigenvalue weighted by Gasteiger charge is -2.35. The third kappa shape index (κ3) is 3.10. The fraction of sp³-hybridized carbons (Fsp3) is 0.600. The zero-order chi connectivity index (χ0) is 14.0. The number of nitrogens with zero attached hydrogens (tertiary/aromatic N) is 1. The number of rotatable bonds is 4. The van der Waals surface area contributed by atoms with Gasteiger partial charge < -0.3 is 5.73 Å². The smallest absolute Gasteiger partial charge is 0.141 e. The Morgan fingerprint density at radius 1 is 1.47 bits per heavy atom. The number of nitrogens with two attached hydrogens (primary N) is 1. The van der Waals surface area contributed by atoms with Crippen molar-refractivity contribution in [1.29, 1.82) is 0 Å². The van der Waals surface area contributed by atoms with Crippen LogP contribution < -0.4 is 5.73 Å². The van der Waals surface area contributed by atoms with E-state index in [1.807, 2.05) is 0 Å².